The summed E-state index contributed by atoms with van der Waals surface area (Å²) in [5.74, 6) is -0.503. The molecule has 0 heterocycles. The maximum atomic E-state index is 12.4. The number of ether oxygens (including phenoxy) is 1. The van der Waals surface area contributed by atoms with E-state index < -0.39 is 10.8 Å². The molecule has 0 unspecified atom stereocenters. The van der Waals surface area contributed by atoms with Crippen LogP contribution in [0.1, 0.15) is 0 Å². The third-order valence-corrected chi connectivity index (χ3v) is 3.59. The molecule has 2 N–H and O–H groups in total. The summed E-state index contributed by atoms with van der Waals surface area (Å²) in [5.41, 5.74) is 0.474. The van der Waals surface area contributed by atoms with Crippen LogP contribution in [-0.4, -0.2) is 30.1 Å². The minimum atomic E-state index is -0.699. The third kappa shape index (κ3) is 4.73. The van der Waals surface area contributed by atoms with E-state index in [2.05, 4.69) is 5.32 Å². The number of nitro groups is 1. The average Bonchev–Trinajstić information content (AvgIpc) is 2.66. The van der Waals surface area contributed by atoms with Gasteiger partial charge in [0, 0.05) is 25.0 Å². The van der Waals surface area contributed by atoms with Gasteiger partial charge in [-0.3, -0.25) is 14.9 Å². The van der Waals surface area contributed by atoms with Gasteiger partial charge < -0.3 is 20.1 Å². The van der Waals surface area contributed by atoms with Gasteiger partial charge in [0.05, 0.1) is 23.8 Å². The zero-order valence-electron chi connectivity index (χ0n) is 14.5. The number of carbonyl (C=O) groups excluding carboxylic acids is 1. The van der Waals surface area contributed by atoms with Crippen LogP contribution < -0.4 is 15.0 Å². The minimum absolute atomic E-state index is 0.0969. The molecule has 138 valence electrons. The smallest absolute Gasteiger partial charge is 0.273 e. The Bertz CT molecular complexity index is 932. The van der Waals surface area contributed by atoms with E-state index in [0.29, 0.717) is 5.69 Å². The van der Waals surface area contributed by atoms with Crippen molar-refractivity contribution < 1.29 is 19.6 Å². The summed E-state index contributed by atoms with van der Waals surface area (Å²) in [5, 5.41) is 31.9. The molecule has 0 saturated heterocycles. The van der Waals surface area contributed by atoms with Gasteiger partial charge in [0.25, 0.3) is 11.6 Å². The molecule has 2 rings (SSSR count). The maximum Gasteiger partial charge on any atom is 0.273 e. The summed E-state index contributed by atoms with van der Waals surface area (Å²) in [6.45, 7) is 0. The number of amides is 1. The first kappa shape index (κ1) is 19.3. The van der Waals surface area contributed by atoms with E-state index in [1.165, 1.54) is 43.6 Å². The normalized spacial score (nSPS) is 10.6. The van der Waals surface area contributed by atoms with Crippen molar-refractivity contribution in [1.82, 2.24) is 0 Å². The van der Waals surface area contributed by atoms with Crippen molar-refractivity contribution in [3.8, 4) is 17.6 Å². The van der Waals surface area contributed by atoms with Gasteiger partial charge >= 0.3 is 0 Å². The fourth-order valence-corrected chi connectivity index (χ4v) is 2.18. The summed E-state index contributed by atoms with van der Waals surface area (Å²) >= 11 is 0. The van der Waals surface area contributed by atoms with Crippen LogP contribution in [0.5, 0.6) is 11.5 Å². The second kappa shape index (κ2) is 8.35. The SMILES string of the molecule is COc1cc([N+](=O)[O-])ccc1NC(=O)/C(C#N)=C\N(C)c1ccc(O)cc1. The molecule has 1 amide bonds. The van der Waals surface area contributed by atoms with E-state index >= 15 is 0 Å². The molecular weight excluding hydrogens is 352 g/mol. The Kier molecular flexibility index (Phi) is 5.96. The number of nitro benzene ring substituents is 1. The zero-order chi connectivity index (χ0) is 20.0. The molecule has 0 fully saturated rings. The molecule has 9 nitrogen and oxygen atoms in total. The Hall–Kier alpha value is -4.06. The molecule has 0 radical (unpaired) electrons. The number of nitriles is 1. The van der Waals surface area contributed by atoms with Crippen LogP contribution in [0.3, 0.4) is 0 Å². The molecule has 0 aromatic heterocycles. The highest BCUT2D eigenvalue weighted by Gasteiger charge is 2.16. The number of phenols is 1. The summed E-state index contributed by atoms with van der Waals surface area (Å²) < 4.78 is 5.06. The number of hydrogen-bond donors (Lipinski definition) is 2. The highest BCUT2D eigenvalue weighted by atomic mass is 16.6. The molecule has 0 aliphatic carbocycles. The van der Waals surface area contributed by atoms with Crippen molar-refractivity contribution in [2.75, 3.05) is 24.4 Å². The topological polar surface area (TPSA) is 129 Å². The van der Waals surface area contributed by atoms with Crippen LogP contribution in [0, 0.1) is 21.4 Å². The van der Waals surface area contributed by atoms with Crippen LogP contribution >= 0.6 is 0 Å². The van der Waals surface area contributed by atoms with E-state index in [1.54, 1.807) is 24.1 Å². The van der Waals surface area contributed by atoms with Crippen molar-refractivity contribution >= 4 is 23.0 Å². The number of rotatable bonds is 6. The van der Waals surface area contributed by atoms with Crippen molar-refractivity contribution in [1.29, 1.82) is 5.26 Å². The Morgan fingerprint density at radius 2 is 2.00 bits per heavy atom. The number of phenolic OH excluding ortho intramolecular Hbond substituents is 1. The van der Waals surface area contributed by atoms with Gasteiger partial charge in [-0.2, -0.15) is 5.26 Å². The number of carbonyl (C=O) groups is 1. The molecule has 2 aromatic carbocycles. The fraction of sp³-hybridized carbons (Fsp3) is 0.111. The van der Waals surface area contributed by atoms with Crippen LogP contribution in [0.4, 0.5) is 17.1 Å². The summed E-state index contributed by atoms with van der Waals surface area (Å²) in [7, 11) is 2.96. The number of nitrogens with zero attached hydrogens (tertiary/aromatic N) is 3. The largest absolute Gasteiger partial charge is 0.508 e. The first-order chi connectivity index (χ1) is 12.8. The van der Waals surface area contributed by atoms with Gasteiger partial charge in [0.2, 0.25) is 0 Å². The summed E-state index contributed by atoms with van der Waals surface area (Å²) in [6.07, 6.45) is 1.33. The highest BCUT2D eigenvalue weighted by molar-refractivity contribution is 6.07. The van der Waals surface area contributed by atoms with Gasteiger partial charge in [-0.05, 0) is 30.3 Å². The zero-order valence-corrected chi connectivity index (χ0v) is 14.5. The van der Waals surface area contributed by atoms with Gasteiger partial charge in [0.15, 0.2) is 0 Å². The predicted molar refractivity (Wildman–Crippen MR) is 98.5 cm³/mol. The standard InChI is InChI=1S/C18H16N4O5/c1-21(13-3-6-15(23)7-4-13)11-12(10-19)18(24)20-16-8-5-14(22(25)26)9-17(16)27-2/h3-9,11,23H,1-2H3,(H,20,24)/b12-11-. The number of anilines is 2. The predicted octanol–water partition coefficient (Wildman–Crippen LogP) is 2.79. The van der Waals surface area contributed by atoms with E-state index in [1.807, 2.05) is 6.07 Å². The number of benzene rings is 2. The lowest BCUT2D eigenvalue weighted by Crippen LogP contribution is -2.18. The van der Waals surface area contributed by atoms with E-state index in [0.717, 1.165) is 0 Å². The Morgan fingerprint density at radius 1 is 1.33 bits per heavy atom. The number of non-ortho nitro benzene ring substituents is 1. The highest BCUT2D eigenvalue weighted by Crippen LogP contribution is 2.29. The van der Waals surface area contributed by atoms with E-state index in [-0.39, 0.29) is 28.4 Å². The fourth-order valence-electron chi connectivity index (χ4n) is 2.18. The first-order valence-corrected chi connectivity index (χ1v) is 7.63. The Balaban J connectivity index is 2.23. The molecular formula is C18H16N4O5. The van der Waals surface area contributed by atoms with Crippen molar-refractivity contribution in [3.05, 3.63) is 64.4 Å². The average molecular weight is 368 g/mol. The first-order valence-electron chi connectivity index (χ1n) is 7.63. The molecule has 0 aliphatic rings. The molecule has 0 spiro atoms. The molecule has 0 atom stereocenters. The molecule has 0 aliphatic heterocycles. The van der Waals surface area contributed by atoms with Crippen LogP contribution in [0.25, 0.3) is 0 Å². The van der Waals surface area contributed by atoms with Crippen molar-refractivity contribution in [2.45, 2.75) is 0 Å². The van der Waals surface area contributed by atoms with Gasteiger partial charge in [-0.1, -0.05) is 0 Å². The van der Waals surface area contributed by atoms with Crippen molar-refractivity contribution in [2.24, 2.45) is 0 Å². The Morgan fingerprint density at radius 3 is 2.56 bits per heavy atom. The Labute approximate surface area is 154 Å². The maximum absolute atomic E-state index is 12.4. The molecule has 9 heteroatoms. The second-order valence-corrected chi connectivity index (χ2v) is 5.38. The van der Waals surface area contributed by atoms with Gasteiger partial charge in [-0.15, -0.1) is 0 Å². The summed E-state index contributed by atoms with van der Waals surface area (Å²) in [4.78, 5) is 24.2. The molecule has 0 saturated carbocycles. The lowest BCUT2D eigenvalue weighted by Gasteiger charge is -2.15. The number of hydrogen-bond acceptors (Lipinski definition) is 7. The quantitative estimate of drug-likeness (QED) is 0.347. The number of nitrogens with one attached hydrogen (secondary N) is 1. The van der Waals surface area contributed by atoms with Crippen LogP contribution in [-0.2, 0) is 4.79 Å². The van der Waals surface area contributed by atoms with Crippen molar-refractivity contribution in [3.63, 3.8) is 0 Å². The van der Waals surface area contributed by atoms with Gasteiger partial charge in [-0.25, -0.2) is 0 Å². The molecule has 27 heavy (non-hydrogen) atoms. The minimum Gasteiger partial charge on any atom is -0.508 e. The monoisotopic (exact) mass is 368 g/mol. The lowest BCUT2D eigenvalue weighted by molar-refractivity contribution is -0.384. The van der Waals surface area contributed by atoms with E-state index in [4.69, 9.17) is 4.74 Å². The van der Waals surface area contributed by atoms with Crippen LogP contribution in [0.2, 0.25) is 0 Å². The van der Waals surface area contributed by atoms with Gasteiger partial charge in [0.1, 0.15) is 23.1 Å². The lowest BCUT2D eigenvalue weighted by atomic mass is 10.2. The molecule has 2 aromatic rings. The number of methoxy groups -OCH3 is 1. The third-order valence-electron chi connectivity index (χ3n) is 3.59. The van der Waals surface area contributed by atoms with Crippen LogP contribution in [0.15, 0.2) is 54.2 Å². The number of aromatic hydroxyl groups is 1. The second-order valence-electron chi connectivity index (χ2n) is 5.38. The van der Waals surface area contributed by atoms with E-state index in [9.17, 15) is 25.3 Å². The summed E-state index contributed by atoms with van der Waals surface area (Å²) in [6, 6.07) is 11.7. The molecule has 0 bridgehead atoms.